The molecule has 24 heavy (non-hydrogen) atoms. The lowest BCUT2D eigenvalue weighted by molar-refractivity contribution is 0.133. The van der Waals surface area contributed by atoms with Gasteiger partial charge in [0.2, 0.25) is 0 Å². The average molecular weight is 463 g/mol. The van der Waals surface area contributed by atoms with Gasteiger partial charge in [-0.25, -0.2) is 4.99 Å². The van der Waals surface area contributed by atoms with Crippen LogP contribution in [0.3, 0.4) is 0 Å². The zero-order chi connectivity index (χ0) is 16.3. The Morgan fingerprint density at radius 3 is 2.71 bits per heavy atom. The minimum absolute atomic E-state index is 0. The first kappa shape index (κ1) is 21.6. The summed E-state index contributed by atoms with van der Waals surface area (Å²) in [6, 6.07) is 8.38. The van der Waals surface area contributed by atoms with Gasteiger partial charge in [-0.05, 0) is 43.6 Å². The monoisotopic (exact) mass is 463 g/mol. The van der Waals surface area contributed by atoms with Crippen LogP contribution in [-0.4, -0.2) is 36.7 Å². The van der Waals surface area contributed by atoms with Crippen LogP contribution in [0.4, 0.5) is 0 Å². The topological polar surface area (TPSA) is 45.7 Å². The predicted molar refractivity (Wildman–Crippen MR) is 115 cm³/mol. The fourth-order valence-electron chi connectivity index (χ4n) is 2.59. The molecular weight excluding hydrogens is 433 g/mol. The SMILES string of the molecule is CCNC(=NCc1ccccc1COCC)NCC1CCCS1.I. The zero-order valence-corrected chi connectivity index (χ0v) is 17.9. The van der Waals surface area contributed by atoms with E-state index in [1.807, 2.05) is 6.92 Å². The number of rotatable bonds is 8. The van der Waals surface area contributed by atoms with Crippen LogP contribution in [0.5, 0.6) is 0 Å². The van der Waals surface area contributed by atoms with Gasteiger partial charge in [-0.1, -0.05) is 24.3 Å². The van der Waals surface area contributed by atoms with Crippen LogP contribution in [0, 0.1) is 0 Å². The molecule has 2 N–H and O–H groups in total. The standard InChI is InChI=1S/C18H29N3OS.HI/c1-3-19-18(21-13-17-10-7-11-23-17)20-12-15-8-5-6-9-16(15)14-22-4-2;/h5-6,8-9,17H,3-4,7,10-14H2,1-2H3,(H2,19,20,21);1H. The number of benzene rings is 1. The first-order chi connectivity index (χ1) is 11.3. The maximum Gasteiger partial charge on any atom is 0.191 e. The van der Waals surface area contributed by atoms with Crippen LogP contribution < -0.4 is 10.6 Å². The maximum absolute atomic E-state index is 5.55. The number of guanidine groups is 1. The Hall–Kier alpha value is -0.470. The van der Waals surface area contributed by atoms with Crippen LogP contribution in [0.15, 0.2) is 29.3 Å². The first-order valence-electron chi connectivity index (χ1n) is 8.61. The molecule has 1 aromatic carbocycles. The molecule has 1 aliphatic heterocycles. The molecule has 2 rings (SSSR count). The Balaban J connectivity index is 0.00000288. The van der Waals surface area contributed by atoms with Crippen molar-refractivity contribution in [1.82, 2.24) is 10.6 Å². The maximum atomic E-state index is 5.55. The van der Waals surface area contributed by atoms with E-state index in [4.69, 9.17) is 9.73 Å². The van der Waals surface area contributed by atoms with Crippen molar-refractivity contribution >= 4 is 41.7 Å². The van der Waals surface area contributed by atoms with Gasteiger partial charge in [0.1, 0.15) is 0 Å². The molecule has 0 saturated carbocycles. The Labute approximate surface area is 167 Å². The third kappa shape index (κ3) is 7.61. The Bertz CT molecular complexity index is 493. The van der Waals surface area contributed by atoms with Crippen molar-refractivity contribution in [1.29, 1.82) is 0 Å². The second-order valence-electron chi connectivity index (χ2n) is 5.62. The number of halogens is 1. The lowest BCUT2D eigenvalue weighted by Crippen LogP contribution is -2.40. The fraction of sp³-hybridized carbons (Fsp3) is 0.611. The average Bonchev–Trinajstić information content (AvgIpc) is 3.09. The van der Waals surface area contributed by atoms with Crippen LogP contribution in [0.2, 0.25) is 0 Å². The van der Waals surface area contributed by atoms with Gasteiger partial charge in [-0.2, -0.15) is 11.8 Å². The summed E-state index contributed by atoms with van der Waals surface area (Å²) in [5, 5.41) is 7.55. The van der Waals surface area contributed by atoms with E-state index in [1.54, 1.807) is 0 Å². The molecule has 0 spiro atoms. The quantitative estimate of drug-likeness (QED) is 0.350. The number of hydrogen-bond donors (Lipinski definition) is 2. The highest BCUT2D eigenvalue weighted by Gasteiger charge is 2.15. The van der Waals surface area contributed by atoms with E-state index in [2.05, 4.69) is 53.6 Å². The van der Waals surface area contributed by atoms with Crippen molar-refractivity contribution in [2.24, 2.45) is 4.99 Å². The van der Waals surface area contributed by atoms with E-state index in [0.717, 1.165) is 30.9 Å². The number of thioether (sulfide) groups is 1. The Kier molecular flexibility index (Phi) is 11.5. The number of nitrogens with zero attached hydrogens (tertiary/aromatic N) is 1. The smallest absolute Gasteiger partial charge is 0.191 e. The molecule has 0 radical (unpaired) electrons. The lowest BCUT2D eigenvalue weighted by atomic mass is 10.1. The van der Waals surface area contributed by atoms with Gasteiger partial charge >= 0.3 is 0 Å². The largest absolute Gasteiger partial charge is 0.377 e. The second kappa shape index (κ2) is 12.8. The number of aliphatic imine (C=N–C) groups is 1. The molecule has 0 aliphatic carbocycles. The van der Waals surface area contributed by atoms with Crippen LogP contribution in [0.25, 0.3) is 0 Å². The molecule has 0 bridgehead atoms. The summed E-state index contributed by atoms with van der Waals surface area (Å²) in [7, 11) is 0. The minimum atomic E-state index is 0. The molecule has 136 valence electrons. The highest BCUT2D eigenvalue weighted by molar-refractivity contribution is 14.0. The van der Waals surface area contributed by atoms with E-state index < -0.39 is 0 Å². The molecule has 1 atom stereocenters. The highest BCUT2D eigenvalue weighted by Crippen LogP contribution is 2.25. The predicted octanol–water partition coefficient (Wildman–Crippen LogP) is 3.79. The van der Waals surface area contributed by atoms with Gasteiger partial charge in [-0.15, -0.1) is 24.0 Å². The van der Waals surface area contributed by atoms with Gasteiger partial charge in [0.15, 0.2) is 5.96 Å². The molecule has 1 saturated heterocycles. The van der Waals surface area contributed by atoms with Crippen molar-refractivity contribution in [2.75, 3.05) is 25.4 Å². The number of hydrogen-bond acceptors (Lipinski definition) is 3. The first-order valence-corrected chi connectivity index (χ1v) is 9.66. The number of nitrogens with one attached hydrogen (secondary N) is 2. The van der Waals surface area contributed by atoms with Crippen LogP contribution in [0.1, 0.15) is 37.8 Å². The molecule has 1 aliphatic rings. The van der Waals surface area contributed by atoms with E-state index >= 15 is 0 Å². The molecular formula is C18H30IN3OS. The van der Waals surface area contributed by atoms with Crippen LogP contribution >= 0.6 is 35.7 Å². The van der Waals surface area contributed by atoms with E-state index in [1.165, 1.54) is 29.7 Å². The molecule has 6 heteroatoms. The summed E-state index contributed by atoms with van der Waals surface area (Å²) < 4.78 is 5.55. The van der Waals surface area contributed by atoms with Crippen molar-refractivity contribution < 1.29 is 4.74 Å². The highest BCUT2D eigenvalue weighted by atomic mass is 127. The van der Waals surface area contributed by atoms with Crippen LogP contribution in [-0.2, 0) is 17.9 Å². The molecule has 4 nitrogen and oxygen atoms in total. The van der Waals surface area contributed by atoms with E-state index in [9.17, 15) is 0 Å². The summed E-state index contributed by atoms with van der Waals surface area (Å²) in [6.45, 7) is 8.07. The van der Waals surface area contributed by atoms with Gasteiger partial charge in [0.25, 0.3) is 0 Å². The molecule has 0 aromatic heterocycles. The molecule has 0 amide bonds. The summed E-state index contributed by atoms with van der Waals surface area (Å²) in [5.41, 5.74) is 2.45. The fourth-order valence-corrected chi connectivity index (χ4v) is 3.79. The molecule has 1 heterocycles. The van der Waals surface area contributed by atoms with Gasteiger partial charge in [0.05, 0.1) is 13.2 Å². The van der Waals surface area contributed by atoms with Crippen molar-refractivity contribution in [2.45, 2.75) is 45.1 Å². The molecule has 1 fully saturated rings. The van der Waals surface area contributed by atoms with Crippen molar-refractivity contribution in [3.63, 3.8) is 0 Å². The lowest BCUT2D eigenvalue weighted by Gasteiger charge is -2.15. The summed E-state index contributed by atoms with van der Waals surface area (Å²) in [6.07, 6.45) is 2.66. The van der Waals surface area contributed by atoms with Crippen molar-refractivity contribution in [3.8, 4) is 0 Å². The van der Waals surface area contributed by atoms with Gasteiger partial charge in [-0.3, -0.25) is 0 Å². The molecule has 1 aromatic rings. The zero-order valence-electron chi connectivity index (χ0n) is 14.7. The summed E-state index contributed by atoms with van der Waals surface area (Å²) >= 11 is 2.07. The Morgan fingerprint density at radius 2 is 2.04 bits per heavy atom. The Morgan fingerprint density at radius 1 is 1.25 bits per heavy atom. The number of ether oxygens (including phenoxy) is 1. The normalized spacial score (nSPS) is 17.4. The van der Waals surface area contributed by atoms with Gasteiger partial charge in [0, 0.05) is 24.9 Å². The third-order valence-corrected chi connectivity index (χ3v) is 5.25. The minimum Gasteiger partial charge on any atom is -0.377 e. The summed E-state index contributed by atoms with van der Waals surface area (Å²) in [4.78, 5) is 4.74. The summed E-state index contributed by atoms with van der Waals surface area (Å²) in [5.74, 6) is 2.20. The van der Waals surface area contributed by atoms with Crippen molar-refractivity contribution in [3.05, 3.63) is 35.4 Å². The molecule has 1 unspecified atom stereocenters. The van der Waals surface area contributed by atoms with E-state index in [-0.39, 0.29) is 24.0 Å². The van der Waals surface area contributed by atoms with Gasteiger partial charge < -0.3 is 15.4 Å². The second-order valence-corrected chi connectivity index (χ2v) is 7.03. The third-order valence-electron chi connectivity index (χ3n) is 3.85. The van der Waals surface area contributed by atoms with E-state index in [0.29, 0.717) is 13.2 Å².